The van der Waals surface area contributed by atoms with E-state index in [2.05, 4.69) is 9.97 Å². The minimum Gasteiger partial charge on any atom is -0.494 e. The molecule has 2 aromatic rings. The molecular weight excluding hydrogens is 255 g/mol. The topological polar surface area (TPSA) is 35.0 Å². The van der Waals surface area contributed by atoms with E-state index in [4.69, 9.17) is 16.3 Å². The molecule has 0 spiro atoms. The second kappa shape index (κ2) is 5.31. The van der Waals surface area contributed by atoms with Crippen molar-refractivity contribution in [2.75, 3.05) is 7.11 Å². The lowest BCUT2D eigenvalue weighted by atomic mass is 10.2. The Morgan fingerprint density at radius 1 is 1.28 bits per heavy atom. The molecule has 0 saturated heterocycles. The fraction of sp³-hybridized carbons (Fsp3) is 0.231. The van der Waals surface area contributed by atoms with Gasteiger partial charge in [-0.2, -0.15) is 0 Å². The van der Waals surface area contributed by atoms with Gasteiger partial charge in [0.2, 0.25) is 0 Å². The maximum Gasteiger partial charge on any atom is 0.165 e. The molecule has 1 aromatic heterocycles. The minimum atomic E-state index is -0.411. The molecule has 0 aliphatic rings. The number of ether oxygens (including phenoxy) is 1. The van der Waals surface area contributed by atoms with Gasteiger partial charge in [0.25, 0.3) is 0 Å². The summed E-state index contributed by atoms with van der Waals surface area (Å²) in [6.07, 6.45) is 0. The van der Waals surface area contributed by atoms with Crippen LogP contribution in [0.25, 0.3) is 11.4 Å². The second-order valence-corrected chi connectivity index (χ2v) is 4.07. The van der Waals surface area contributed by atoms with Crippen LogP contribution in [-0.4, -0.2) is 17.1 Å². The zero-order valence-corrected chi connectivity index (χ0v) is 10.8. The highest BCUT2D eigenvalue weighted by Crippen LogP contribution is 2.24. The van der Waals surface area contributed by atoms with E-state index in [1.807, 2.05) is 13.0 Å². The maximum atomic E-state index is 13.3. The van der Waals surface area contributed by atoms with Crippen LogP contribution in [-0.2, 0) is 5.88 Å². The first-order valence-corrected chi connectivity index (χ1v) is 5.92. The molecule has 5 heteroatoms. The van der Waals surface area contributed by atoms with Crippen molar-refractivity contribution in [3.8, 4) is 17.1 Å². The van der Waals surface area contributed by atoms with Crippen molar-refractivity contribution < 1.29 is 9.13 Å². The molecule has 2 rings (SSSR count). The molecule has 1 heterocycles. The summed E-state index contributed by atoms with van der Waals surface area (Å²) in [4.78, 5) is 8.62. The lowest BCUT2D eigenvalue weighted by Crippen LogP contribution is -1.97. The van der Waals surface area contributed by atoms with Gasteiger partial charge in [-0.1, -0.05) is 0 Å². The highest BCUT2D eigenvalue weighted by atomic mass is 35.5. The Morgan fingerprint density at radius 3 is 2.72 bits per heavy atom. The molecule has 18 heavy (non-hydrogen) atoms. The van der Waals surface area contributed by atoms with E-state index in [9.17, 15) is 4.39 Å². The monoisotopic (exact) mass is 266 g/mol. The third-order valence-electron chi connectivity index (χ3n) is 2.45. The maximum absolute atomic E-state index is 13.3. The third-order valence-corrected chi connectivity index (χ3v) is 2.73. The minimum absolute atomic E-state index is 0.171. The number of halogens is 2. The Labute approximate surface area is 110 Å². The van der Waals surface area contributed by atoms with Crippen LogP contribution in [0.15, 0.2) is 24.3 Å². The standard InChI is InChI=1S/C13H12ClFN2O/c1-8-5-10(7-14)17-13(16-8)9-3-4-11(15)12(6-9)18-2/h3-6H,7H2,1-2H3. The summed E-state index contributed by atoms with van der Waals surface area (Å²) >= 11 is 5.77. The van der Waals surface area contributed by atoms with Gasteiger partial charge in [-0.15, -0.1) is 11.6 Å². The number of rotatable bonds is 3. The summed E-state index contributed by atoms with van der Waals surface area (Å²) in [6.45, 7) is 1.86. The number of nitrogens with zero attached hydrogens (tertiary/aromatic N) is 2. The lowest BCUT2D eigenvalue weighted by Gasteiger charge is -2.07. The first-order valence-electron chi connectivity index (χ1n) is 5.38. The quantitative estimate of drug-likeness (QED) is 0.799. The normalized spacial score (nSPS) is 10.4. The van der Waals surface area contributed by atoms with Crippen molar-refractivity contribution in [2.45, 2.75) is 12.8 Å². The molecular formula is C13H12ClFN2O. The second-order valence-electron chi connectivity index (χ2n) is 3.81. The molecule has 0 bridgehead atoms. The zero-order chi connectivity index (χ0) is 13.1. The Bertz CT molecular complexity index is 575. The molecule has 0 unspecified atom stereocenters. The van der Waals surface area contributed by atoms with E-state index < -0.39 is 5.82 Å². The average molecular weight is 267 g/mol. The molecule has 1 aromatic carbocycles. The van der Waals surface area contributed by atoms with Gasteiger partial charge in [-0.25, -0.2) is 14.4 Å². The van der Waals surface area contributed by atoms with Crippen LogP contribution < -0.4 is 4.74 Å². The van der Waals surface area contributed by atoms with E-state index in [-0.39, 0.29) is 5.75 Å². The molecule has 94 valence electrons. The van der Waals surface area contributed by atoms with Gasteiger partial charge in [-0.05, 0) is 31.2 Å². The smallest absolute Gasteiger partial charge is 0.165 e. The first kappa shape index (κ1) is 12.8. The molecule has 0 atom stereocenters. The number of benzene rings is 1. The highest BCUT2D eigenvalue weighted by molar-refractivity contribution is 6.16. The SMILES string of the molecule is COc1cc(-c2nc(C)cc(CCl)n2)ccc1F. The Balaban J connectivity index is 2.51. The molecule has 0 N–H and O–H groups in total. The number of alkyl halides is 1. The van der Waals surface area contributed by atoms with Crippen molar-refractivity contribution in [1.29, 1.82) is 0 Å². The van der Waals surface area contributed by atoms with Crippen molar-refractivity contribution in [3.63, 3.8) is 0 Å². The largest absolute Gasteiger partial charge is 0.494 e. The molecule has 0 aliphatic heterocycles. The molecule has 0 aliphatic carbocycles. The van der Waals surface area contributed by atoms with Crippen molar-refractivity contribution in [2.24, 2.45) is 0 Å². The van der Waals surface area contributed by atoms with Crippen LogP contribution >= 0.6 is 11.6 Å². The van der Waals surface area contributed by atoms with E-state index in [1.165, 1.54) is 13.2 Å². The van der Waals surface area contributed by atoms with Crippen LogP contribution in [0.4, 0.5) is 4.39 Å². The van der Waals surface area contributed by atoms with Crippen molar-refractivity contribution >= 4 is 11.6 Å². The number of hydrogen-bond donors (Lipinski definition) is 0. The van der Waals surface area contributed by atoms with Crippen LogP contribution in [0.2, 0.25) is 0 Å². The number of aryl methyl sites for hydroxylation is 1. The van der Waals surface area contributed by atoms with E-state index >= 15 is 0 Å². The first-order chi connectivity index (χ1) is 8.63. The predicted octanol–water partition coefficient (Wildman–Crippen LogP) is 3.34. The van der Waals surface area contributed by atoms with Gasteiger partial charge >= 0.3 is 0 Å². The van der Waals surface area contributed by atoms with E-state index in [0.717, 1.165) is 11.4 Å². The van der Waals surface area contributed by atoms with Crippen molar-refractivity contribution in [3.05, 3.63) is 41.5 Å². The van der Waals surface area contributed by atoms with Crippen LogP contribution in [0.1, 0.15) is 11.4 Å². The molecule has 0 saturated carbocycles. The van der Waals surface area contributed by atoms with Gasteiger partial charge in [0.05, 0.1) is 18.7 Å². The van der Waals surface area contributed by atoms with Gasteiger partial charge in [0.1, 0.15) is 0 Å². The van der Waals surface area contributed by atoms with Crippen LogP contribution in [0.5, 0.6) is 5.75 Å². The van der Waals surface area contributed by atoms with Crippen LogP contribution in [0, 0.1) is 12.7 Å². The fourth-order valence-corrected chi connectivity index (χ4v) is 1.77. The number of methoxy groups -OCH3 is 1. The third kappa shape index (κ3) is 2.59. The molecule has 0 fully saturated rings. The summed E-state index contributed by atoms with van der Waals surface area (Å²) in [5.74, 6) is 0.592. The molecule has 0 amide bonds. The van der Waals surface area contributed by atoms with Crippen LogP contribution in [0.3, 0.4) is 0 Å². The zero-order valence-electron chi connectivity index (χ0n) is 10.1. The Hall–Kier alpha value is -1.68. The van der Waals surface area contributed by atoms with Gasteiger partial charge in [-0.3, -0.25) is 0 Å². The summed E-state index contributed by atoms with van der Waals surface area (Å²) < 4.78 is 18.3. The fourth-order valence-electron chi connectivity index (χ4n) is 1.63. The molecule has 0 radical (unpaired) electrons. The predicted molar refractivity (Wildman–Crippen MR) is 68.3 cm³/mol. The van der Waals surface area contributed by atoms with Gasteiger partial charge in [0, 0.05) is 11.3 Å². The summed E-state index contributed by atoms with van der Waals surface area (Å²) in [6, 6.07) is 6.34. The molecule has 3 nitrogen and oxygen atoms in total. The Kier molecular flexibility index (Phi) is 3.77. The number of hydrogen-bond acceptors (Lipinski definition) is 3. The number of aromatic nitrogens is 2. The lowest BCUT2D eigenvalue weighted by molar-refractivity contribution is 0.386. The average Bonchev–Trinajstić information content (AvgIpc) is 2.38. The summed E-state index contributed by atoms with van der Waals surface area (Å²) in [5, 5.41) is 0. The van der Waals surface area contributed by atoms with E-state index in [1.54, 1.807) is 12.1 Å². The van der Waals surface area contributed by atoms with Gasteiger partial charge in [0.15, 0.2) is 17.4 Å². The summed E-state index contributed by atoms with van der Waals surface area (Å²) in [7, 11) is 1.42. The van der Waals surface area contributed by atoms with Crippen molar-refractivity contribution in [1.82, 2.24) is 9.97 Å². The summed E-state index contributed by atoms with van der Waals surface area (Å²) in [5.41, 5.74) is 2.25. The Morgan fingerprint density at radius 2 is 2.06 bits per heavy atom. The van der Waals surface area contributed by atoms with E-state index in [0.29, 0.717) is 17.3 Å². The van der Waals surface area contributed by atoms with Gasteiger partial charge < -0.3 is 4.74 Å². The highest BCUT2D eigenvalue weighted by Gasteiger charge is 2.09.